The van der Waals surface area contributed by atoms with E-state index in [1.807, 2.05) is 0 Å². The molecular formula is C6H9N3OS. The van der Waals surface area contributed by atoms with Crippen LogP contribution in [0.2, 0.25) is 0 Å². The molecule has 1 heterocycles. The third kappa shape index (κ3) is 1.55. The van der Waals surface area contributed by atoms with Crippen molar-refractivity contribution in [2.45, 2.75) is 13.6 Å². The highest BCUT2D eigenvalue weighted by atomic mass is 32.1. The van der Waals surface area contributed by atoms with Crippen LogP contribution in [0.3, 0.4) is 0 Å². The van der Waals surface area contributed by atoms with Gasteiger partial charge in [-0.3, -0.25) is 9.78 Å². The van der Waals surface area contributed by atoms with Crippen molar-refractivity contribution >= 4 is 12.2 Å². The molecule has 1 rings (SSSR count). The lowest BCUT2D eigenvalue weighted by molar-refractivity contribution is 0.686. The van der Waals surface area contributed by atoms with Crippen LogP contribution in [0.4, 0.5) is 0 Å². The van der Waals surface area contributed by atoms with Gasteiger partial charge in [0.05, 0.1) is 6.67 Å². The molecule has 3 N–H and O–H groups in total. The lowest BCUT2D eigenvalue weighted by Gasteiger charge is -2.01. The largest absolute Gasteiger partial charge is 0.314 e. The van der Waals surface area contributed by atoms with Crippen molar-refractivity contribution in [1.29, 1.82) is 0 Å². The molecule has 0 fully saturated rings. The summed E-state index contributed by atoms with van der Waals surface area (Å²) in [6.07, 6.45) is 1.64. The Morgan fingerprint density at radius 3 is 3.00 bits per heavy atom. The molecule has 0 atom stereocenters. The van der Waals surface area contributed by atoms with Crippen molar-refractivity contribution in [2.24, 2.45) is 5.73 Å². The molecule has 60 valence electrons. The van der Waals surface area contributed by atoms with Crippen molar-refractivity contribution < 1.29 is 0 Å². The van der Waals surface area contributed by atoms with E-state index in [1.165, 1.54) is 0 Å². The fourth-order valence-corrected chi connectivity index (χ4v) is 0.974. The van der Waals surface area contributed by atoms with Gasteiger partial charge in [0.2, 0.25) is 0 Å². The van der Waals surface area contributed by atoms with Gasteiger partial charge >= 0.3 is 0 Å². The highest BCUT2D eigenvalue weighted by molar-refractivity contribution is 7.71. The van der Waals surface area contributed by atoms with E-state index in [9.17, 15) is 4.79 Å². The molecule has 1 aromatic rings. The highest BCUT2D eigenvalue weighted by Gasteiger charge is 1.94. The standard InChI is InChI=1S/C6H9N3OS/c1-4-2-9(3-7)6(11)8-5(4)10/h2H,3,7H2,1H3,(H,8,10,11). The van der Waals surface area contributed by atoms with Crippen LogP contribution in [0.5, 0.6) is 0 Å². The summed E-state index contributed by atoms with van der Waals surface area (Å²) in [7, 11) is 0. The molecule has 0 aliphatic heterocycles. The van der Waals surface area contributed by atoms with Crippen molar-refractivity contribution in [3.8, 4) is 0 Å². The van der Waals surface area contributed by atoms with E-state index in [4.69, 9.17) is 18.0 Å². The highest BCUT2D eigenvalue weighted by Crippen LogP contribution is 1.88. The van der Waals surface area contributed by atoms with Crippen LogP contribution in [0.25, 0.3) is 0 Å². The maximum absolute atomic E-state index is 10.9. The number of nitrogens with zero attached hydrogens (tertiary/aromatic N) is 1. The lowest BCUT2D eigenvalue weighted by Crippen LogP contribution is -2.18. The number of hydrogen-bond acceptors (Lipinski definition) is 3. The van der Waals surface area contributed by atoms with Crippen LogP contribution in [0, 0.1) is 11.7 Å². The average Bonchev–Trinajstić information content (AvgIpc) is 1.97. The Morgan fingerprint density at radius 1 is 1.82 bits per heavy atom. The Labute approximate surface area is 68.7 Å². The summed E-state index contributed by atoms with van der Waals surface area (Å²) in [6, 6.07) is 0. The Balaban J connectivity index is 3.45. The third-order valence-corrected chi connectivity index (χ3v) is 1.72. The molecule has 4 nitrogen and oxygen atoms in total. The Bertz CT molecular complexity index is 365. The molecule has 0 aliphatic rings. The van der Waals surface area contributed by atoms with E-state index in [2.05, 4.69) is 4.98 Å². The van der Waals surface area contributed by atoms with Crippen molar-refractivity contribution in [3.05, 3.63) is 26.9 Å². The minimum Gasteiger partial charge on any atom is -0.314 e. The van der Waals surface area contributed by atoms with Crippen LogP contribution in [-0.2, 0) is 6.67 Å². The fourth-order valence-electron chi connectivity index (χ4n) is 0.754. The number of aromatic nitrogens is 2. The quantitative estimate of drug-likeness (QED) is 0.590. The molecule has 0 unspecified atom stereocenters. The van der Waals surface area contributed by atoms with Gasteiger partial charge in [0.15, 0.2) is 4.77 Å². The topological polar surface area (TPSA) is 63.8 Å². The zero-order chi connectivity index (χ0) is 8.43. The number of nitrogens with one attached hydrogen (secondary N) is 1. The molecule has 0 amide bonds. The maximum atomic E-state index is 10.9. The second kappa shape index (κ2) is 2.98. The van der Waals surface area contributed by atoms with E-state index < -0.39 is 0 Å². The predicted molar refractivity (Wildman–Crippen MR) is 44.8 cm³/mol. The van der Waals surface area contributed by atoms with E-state index in [0.717, 1.165) is 0 Å². The van der Waals surface area contributed by atoms with E-state index in [-0.39, 0.29) is 12.2 Å². The van der Waals surface area contributed by atoms with Gasteiger partial charge in [-0.2, -0.15) is 0 Å². The Kier molecular flexibility index (Phi) is 2.21. The Hall–Kier alpha value is -0.940. The smallest absolute Gasteiger partial charge is 0.254 e. The normalized spacial score (nSPS) is 10.0. The summed E-state index contributed by atoms with van der Waals surface area (Å²) in [4.78, 5) is 13.4. The maximum Gasteiger partial charge on any atom is 0.254 e. The summed E-state index contributed by atoms with van der Waals surface area (Å²) < 4.78 is 1.97. The first-order chi connectivity index (χ1) is 5.15. The van der Waals surface area contributed by atoms with Gasteiger partial charge in [-0.1, -0.05) is 0 Å². The van der Waals surface area contributed by atoms with Crippen LogP contribution >= 0.6 is 12.2 Å². The number of rotatable bonds is 1. The van der Waals surface area contributed by atoms with E-state index in [0.29, 0.717) is 10.3 Å². The zero-order valence-electron chi connectivity index (χ0n) is 6.13. The summed E-state index contributed by atoms with van der Waals surface area (Å²) in [5.41, 5.74) is 5.81. The van der Waals surface area contributed by atoms with Gasteiger partial charge in [0, 0.05) is 11.8 Å². The van der Waals surface area contributed by atoms with Crippen molar-refractivity contribution in [2.75, 3.05) is 0 Å². The molecule has 0 aromatic carbocycles. The SMILES string of the molecule is Cc1cn(CN)c(=S)[nH]c1=O. The van der Waals surface area contributed by atoms with Gasteiger partial charge in [0.1, 0.15) is 0 Å². The number of H-pyrrole nitrogens is 1. The molecule has 11 heavy (non-hydrogen) atoms. The van der Waals surface area contributed by atoms with Gasteiger partial charge in [0.25, 0.3) is 5.56 Å². The summed E-state index contributed by atoms with van der Waals surface area (Å²) >= 11 is 4.83. The first kappa shape index (κ1) is 8.16. The van der Waals surface area contributed by atoms with Crippen LogP contribution in [-0.4, -0.2) is 9.55 Å². The molecule has 0 saturated heterocycles. The van der Waals surface area contributed by atoms with E-state index in [1.54, 1.807) is 17.7 Å². The minimum absolute atomic E-state index is 0.153. The number of aromatic amines is 1. The van der Waals surface area contributed by atoms with E-state index >= 15 is 0 Å². The predicted octanol–water partition coefficient (Wildman–Crippen LogP) is 0.131. The third-order valence-electron chi connectivity index (χ3n) is 1.39. The molecular weight excluding hydrogens is 162 g/mol. The van der Waals surface area contributed by atoms with Crippen molar-refractivity contribution in [1.82, 2.24) is 9.55 Å². The van der Waals surface area contributed by atoms with Crippen molar-refractivity contribution in [3.63, 3.8) is 0 Å². The number of aryl methyl sites for hydroxylation is 1. The molecule has 0 saturated carbocycles. The summed E-state index contributed by atoms with van der Waals surface area (Å²) in [6.45, 7) is 2.00. The molecule has 0 bridgehead atoms. The molecule has 0 aliphatic carbocycles. The summed E-state index contributed by atoms with van der Waals surface area (Å²) in [5.74, 6) is 0. The number of hydrogen-bond donors (Lipinski definition) is 2. The first-order valence-corrected chi connectivity index (χ1v) is 3.56. The fraction of sp³-hybridized carbons (Fsp3) is 0.333. The van der Waals surface area contributed by atoms with Gasteiger partial charge in [-0.05, 0) is 19.1 Å². The molecule has 0 radical (unpaired) electrons. The number of nitrogens with two attached hydrogens (primary N) is 1. The van der Waals surface area contributed by atoms with Crippen LogP contribution < -0.4 is 11.3 Å². The van der Waals surface area contributed by atoms with Gasteiger partial charge in [-0.15, -0.1) is 0 Å². The molecule has 1 aromatic heterocycles. The van der Waals surface area contributed by atoms with Crippen LogP contribution in [0.1, 0.15) is 5.56 Å². The van der Waals surface area contributed by atoms with Gasteiger partial charge in [-0.25, -0.2) is 0 Å². The Morgan fingerprint density at radius 2 is 2.45 bits per heavy atom. The zero-order valence-corrected chi connectivity index (χ0v) is 6.94. The van der Waals surface area contributed by atoms with Crippen LogP contribution in [0.15, 0.2) is 11.0 Å². The van der Waals surface area contributed by atoms with Gasteiger partial charge < -0.3 is 10.3 Å². The second-order valence-electron chi connectivity index (χ2n) is 2.22. The lowest BCUT2D eigenvalue weighted by atomic mass is 10.4. The first-order valence-electron chi connectivity index (χ1n) is 3.15. The second-order valence-corrected chi connectivity index (χ2v) is 2.61. The average molecular weight is 171 g/mol. The summed E-state index contributed by atoms with van der Waals surface area (Å²) in [5, 5.41) is 0. The minimum atomic E-state index is -0.153. The molecule has 0 spiro atoms. The molecule has 5 heteroatoms. The monoisotopic (exact) mass is 171 g/mol.